The molecule has 0 saturated carbocycles. The fourth-order valence-electron chi connectivity index (χ4n) is 4.22. The van der Waals surface area contributed by atoms with Crippen molar-refractivity contribution < 1.29 is 5.11 Å². The Morgan fingerprint density at radius 1 is 0.533 bits per heavy atom. The van der Waals surface area contributed by atoms with Crippen LogP contribution in [-0.2, 0) is 12.6 Å². The van der Waals surface area contributed by atoms with E-state index in [-0.39, 0.29) is 6.61 Å². The zero-order valence-corrected chi connectivity index (χ0v) is 19.3. The van der Waals surface area contributed by atoms with E-state index >= 15 is 0 Å². The number of aliphatic hydroxyl groups is 1. The minimum absolute atomic E-state index is 0.176. The van der Waals surface area contributed by atoms with Crippen molar-refractivity contribution in [2.24, 2.45) is 0 Å². The monoisotopic (exact) mass is 476 g/mol. The Kier molecular flexibility index (Phi) is 6.20. The first-order chi connectivity index (χ1) is 14.6. The van der Waals surface area contributed by atoms with Gasteiger partial charge < -0.3 is 0 Å². The predicted octanol–water partition coefficient (Wildman–Crippen LogP) is 5.56. The second-order valence-electron chi connectivity index (χ2n) is 7.64. The summed E-state index contributed by atoms with van der Waals surface area (Å²) in [7, 11) is 0. The van der Waals surface area contributed by atoms with E-state index in [4.69, 9.17) is 0 Å². The zero-order valence-electron chi connectivity index (χ0n) is 16.9. The van der Waals surface area contributed by atoms with Crippen LogP contribution in [0.3, 0.4) is 0 Å². The number of hydrogen-bond donors (Lipinski definition) is 1. The van der Waals surface area contributed by atoms with Gasteiger partial charge in [0.25, 0.3) is 0 Å². The molecule has 152 valence electrons. The molecule has 0 atom stereocenters. The fourth-order valence-corrected chi connectivity index (χ4v) is 11.9. The molecule has 0 radical (unpaired) electrons. The molecule has 4 aromatic carbocycles. The van der Waals surface area contributed by atoms with Crippen LogP contribution < -0.4 is 15.9 Å². The fraction of sp³-hybridized carbons (Fsp3) is 0.111. The van der Waals surface area contributed by atoms with E-state index < -0.39 is 5.31 Å². The third kappa shape index (κ3) is 3.76. The summed E-state index contributed by atoms with van der Waals surface area (Å²) in [4.78, 5) is 0. The molecule has 0 heterocycles. The summed E-state index contributed by atoms with van der Waals surface area (Å²) in [6, 6.07) is 41.3. The maximum atomic E-state index is 9.26. The summed E-state index contributed by atoms with van der Waals surface area (Å²) in [6.45, 7) is 0.176. The third-order valence-corrected chi connectivity index (χ3v) is 15.3. The molecule has 4 aromatic rings. The van der Waals surface area contributed by atoms with Crippen LogP contribution in [0.15, 0.2) is 115 Å². The topological polar surface area (TPSA) is 20.2 Å². The summed E-state index contributed by atoms with van der Waals surface area (Å²) in [5, 5.41) is 10.3. The number of aliphatic hydroxyl groups excluding tert-OH is 1. The van der Waals surface area contributed by atoms with E-state index in [2.05, 4.69) is 131 Å². The molecule has 0 bridgehead atoms. The third-order valence-electron chi connectivity index (χ3n) is 5.79. The summed E-state index contributed by atoms with van der Waals surface area (Å²) >= 11 is 4.49. The Hall–Kier alpha value is -2.25. The summed E-state index contributed by atoms with van der Waals surface area (Å²) in [5.74, 6) is 0. The van der Waals surface area contributed by atoms with Crippen molar-refractivity contribution in [3.8, 4) is 0 Å². The molecule has 0 aliphatic rings. The molecule has 0 saturated heterocycles. The van der Waals surface area contributed by atoms with Crippen LogP contribution in [0.2, 0.25) is 0 Å². The number of rotatable bonds is 7. The van der Waals surface area contributed by atoms with Crippen LogP contribution >= 0.6 is 20.8 Å². The quantitative estimate of drug-likeness (QED) is 0.346. The molecule has 3 heteroatoms. The summed E-state index contributed by atoms with van der Waals surface area (Å²) in [5.41, 5.74) is 2.44. The van der Waals surface area contributed by atoms with Crippen molar-refractivity contribution in [1.29, 1.82) is 0 Å². The Bertz CT molecular complexity index is 981. The van der Waals surface area contributed by atoms with Gasteiger partial charge in [0.2, 0.25) is 0 Å². The Balaban J connectivity index is 1.98. The molecular formula is C27H26BrOP. The maximum absolute atomic E-state index is 9.26. The van der Waals surface area contributed by atoms with Crippen molar-refractivity contribution in [3.05, 3.63) is 126 Å². The van der Waals surface area contributed by atoms with Gasteiger partial charge >= 0.3 is 187 Å². The molecule has 0 spiro atoms. The SMILES string of the molecule is OCCc1ccc(CP(Br)(c2ccccc2)(c2ccccc2)c2ccccc2)cc1. The van der Waals surface area contributed by atoms with Crippen LogP contribution in [0.4, 0.5) is 0 Å². The van der Waals surface area contributed by atoms with Gasteiger partial charge in [-0.15, -0.1) is 0 Å². The van der Waals surface area contributed by atoms with Gasteiger partial charge in [-0.1, -0.05) is 0 Å². The van der Waals surface area contributed by atoms with Gasteiger partial charge in [0.15, 0.2) is 0 Å². The molecule has 4 rings (SSSR count). The van der Waals surface area contributed by atoms with E-state index in [1.807, 2.05) is 0 Å². The van der Waals surface area contributed by atoms with E-state index in [0.29, 0.717) is 6.42 Å². The zero-order chi connectivity index (χ0) is 20.9. The van der Waals surface area contributed by atoms with E-state index in [1.54, 1.807) is 0 Å². The van der Waals surface area contributed by atoms with Crippen LogP contribution in [-0.4, -0.2) is 11.7 Å². The van der Waals surface area contributed by atoms with Gasteiger partial charge in [-0.05, 0) is 0 Å². The molecule has 1 nitrogen and oxygen atoms in total. The normalized spacial score (nSPS) is 12.8. The molecule has 0 unspecified atom stereocenters. The standard InChI is InChI=1S/C27H26BrOP/c28-30(25-10-4-1-5-11-25,26-12-6-2-7-13-26,27-14-8-3-9-15-27)22-24-18-16-23(17-19-24)20-21-29/h1-19,29H,20-22H2. The average Bonchev–Trinajstić information content (AvgIpc) is 2.82. The average molecular weight is 477 g/mol. The van der Waals surface area contributed by atoms with Crippen molar-refractivity contribution in [2.75, 3.05) is 6.61 Å². The molecule has 0 aromatic heterocycles. The second kappa shape index (κ2) is 8.86. The Morgan fingerprint density at radius 2 is 0.900 bits per heavy atom. The Labute approximate surface area is 187 Å². The molecule has 0 aliphatic carbocycles. The molecule has 0 amide bonds. The van der Waals surface area contributed by atoms with Gasteiger partial charge in [-0.2, -0.15) is 0 Å². The van der Waals surface area contributed by atoms with Crippen LogP contribution in [0.1, 0.15) is 11.1 Å². The molecule has 0 fully saturated rings. The second-order valence-corrected chi connectivity index (χ2v) is 16.6. The molecule has 30 heavy (non-hydrogen) atoms. The van der Waals surface area contributed by atoms with Crippen LogP contribution in [0.5, 0.6) is 0 Å². The van der Waals surface area contributed by atoms with Crippen molar-refractivity contribution in [1.82, 2.24) is 0 Å². The summed E-state index contributed by atoms with van der Waals surface area (Å²) in [6.07, 6.45) is 1.57. The Morgan fingerprint density at radius 3 is 1.27 bits per heavy atom. The van der Waals surface area contributed by atoms with E-state index in [1.165, 1.54) is 21.5 Å². The molecular weight excluding hydrogens is 451 g/mol. The van der Waals surface area contributed by atoms with Crippen LogP contribution in [0, 0.1) is 0 Å². The van der Waals surface area contributed by atoms with Crippen molar-refractivity contribution >= 4 is 36.7 Å². The predicted molar refractivity (Wildman–Crippen MR) is 135 cm³/mol. The van der Waals surface area contributed by atoms with Gasteiger partial charge in [0.05, 0.1) is 0 Å². The first kappa shape index (κ1) is 21.0. The van der Waals surface area contributed by atoms with Crippen molar-refractivity contribution in [2.45, 2.75) is 12.6 Å². The first-order valence-corrected chi connectivity index (χ1v) is 14.7. The molecule has 1 N–H and O–H groups in total. The summed E-state index contributed by atoms with van der Waals surface area (Å²) < 4.78 is 0. The number of benzene rings is 4. The van der Waals surface area contributed by atoms with Gasteiger partial charge in [-0.25, -0.2) is 0 Å². The number of halogens is 1. The molecule has 0 aliphatic heterocycles. The number of hydrogen-bond acceptors (Lipinski definition) is 1. The van der Waals surface area contributed by atoms with Gasteiger partial charge in [0.1, 0.15) is 0 Å². The van der Waals surface area contributed by atoms with Gasteiger partial charge in [0, 0.05) is 0 Å². The van der Waals surface area contributed by atoms with Crippen molar-refractivity contribution in [3.63, 3.8) is 0 Å². The first-order valence-electron chi connectivity index (χ1n) is 10.2. The van der Waals surface area contributed by atoms with Gasteiger partial charge in [-0.3, -0.25) is 0 Å². The van der Waals surface area contributed by atoms with E-state index in [0.717, 1.165) is 11.7 Å². The minimum atomic E-state index is -2.95. The van der Waals surface area contributed by atoms with E-state index in [9.17, 15) is 5.11 Å². The van der Waals surface area contributed by atoms with Crippen LogP contribution in [0.25, 0.3) is 0 Å².